The number of halogens is 1. The van der Waals surface area contributed by atoms with Gasteiger partial charge in [-0.3, -0.25) is 4.79 Å². The van der Waals surface area contributed by atoms with Crippen LogP contribution in [0.2, 0.25) is 0 Å². The third-order valence-electron chi connectivity index (χ3n) is 2.08. The van der Waals surface area contributed by atoms with Crippen LogP contribution in [0.1, 0.15) is 22.3 Å². The molecule has 0 atom stereocenters. The molecule has 14 heavy (non-hydrogen) atoms. The van der Waals surface area contributed by atoms with E-state index < -0.39 is 5.82 Å². The van der Waals surface area contributed by atoms with Crippen molar-refractivity contribution in [2.75, 3.05) is 6.61 Å². The number of hydrogen-bond acceptors (Lipinski definition) is 3. The average Bonchev–Trinajstić information content (AvgIpc) is 2.18. The van der Waals surface area contributed by atoms with Gasteiger partial charge < -0.3 is 4.74 Å². The molecule has 1 aromatic rings. The molecule has 0 spiro atoms. The summed E-state index contributed by atoms with van der Waals surface area (Å²) in [5, 5.41) is 8.71. The van der Waals surface area contributed by atoms with E-state index in [0.717, 1.165) is 6.07 Å². The molecule has 1 heterocycles. The van der Waals surface area contributed by atoms with Crippen LogP contribution >= 0.6 is 0 Å². The van der Waals surface area contributed by atoms with E-state index in [-0.39, 0.29) is 35.7 Å². The lowest BCUT2D eigenvalue weighted by atomic mass is 10.0. The highest BCUT2D eigenvalue weighted by molar-refractivity contribution is 6.00. The Morgan fingerprint density at radius 1 is 1.50 bits per heavy atom. The number of carbonyl (C=O) groups is 1. The molecular formula is C10H6FNO2. The van der Waals surface area contributed by atoms with Crippen LogP contribution in [-0.2, 0) is 0 Å². The van der Waals surface area contributed by atoms with Crippen molar-refractivity contribution in [2.45, 2.75) is 6.42 Å². The Morgan fingerprint density at radius 2 is 2.29 bits per heavy atom. The molecule has 0 saturated heterocycles. The Balaban J connectivity index is 2.71. The van der Waals surface area contributed by atoms with Crippen LogP contribution in [-0.4, -0.2) is 12.4 Å². The van der Waals surface area contributed by atoms with Crippen molar-refractivity contribution in [3.8, 4) is 11.8 Å². The first kappa shape index (κ1) is 8.70. The molecule has 0 N–H and O–H groups in total. The predicted molar refractivity (Wildman–Crippen MR) is 45.6 cm³/mol. The summed E-state index contributed by atoms with van der Waals surface area (Å²) < 4.78 is 18.3. The van der Waals surface area contributed by atoms with Gasteiger partial charge in [0.2, 0.25) is 0 Å². The van der Waals surface area contributed by atoms with Crippen LogP contribution in [0, 0.1) is 17.1 Å². The largest absolute Gasteiger partial charge is 0.491 e. The summed E-state index contributed by atoms with van der Waals surface area (Å²) in [6.45, 7) is 0.212. The Labute approximate surface area is 79.7 Å². The summed E-state index contributed by atoms with van der Waals surface area (Å²) in [4.78, 5) is 11.3. The molecule has 0 saturated carbocycles. The highest BCUT2D eigenvalue weighted by Gasteiger charge is 2.25. The molecular weight excluding hydrogens is 185 g/mol. The van der Waals surface area contributed by atoms with Gasteiger partial charge in [0.05, 0.1) is 17.7 Å². The van der Waals surface area contributed by atoms with Crippen molar-refractivity contribution in [2.24, 2.45) is 0 Å². The van der Waals surface area contributed by atoms with E-state index in [1.165, 1.54) is 6.07 Å². The summed E-state index contributed by atoms with van der Waals surface area (Å²) in [5.41, 5.74) is 0.116. The third kappa shape index (κ3) is 1.14. The second kappa shape index (κ2) is 3.11. The lowest BCUT2D eigenvalue weighted by Crippen LogP contribution is -2.17. The van der Waals surface area contributed by atoms with Gasteiger partial charge in [0.15, 0.2) is 11.5 Å². The van der Waals surface area contributed by atoms with Crippen molar-refractivity contribution < 1.29 is 13.9 Å². The van der Waals surface area contributed by atoms with E-state index in [9.17, 15) is 9.18 Å². The number of ketones is 1. The van der Waals surface area contributed by atoms with E-state index in [0.29, 0.717) is 0 Å². The van der Waals surface area contributed by atoms with E-state index in [1.54, 1.807) is 0 Å². The van der Waals surface area contributed by atoms with Crippen molar-refractivity contribution in [1.29, 1.82) is 5.26 Å². The molecule has 0 radical (unpaired) electrons. The highest BCUT2D eigenvalue weighted by Crippen LogP contribution is 2.30. The zero-order valence-corrected chi connectivity index (χ0v) is 7.21. The number of hydrogen-bond donors (Lipinski definition) is 0. The average molecular weight is 191 g/mol. The van der Waals surface area contributed by atoms with Crippen molar-refractivity contribution in [1.82, 2.24) is 0 Å². The maximum atomic E-state index is 13.2. The minimum atomic E-state index is -0.622. The molecule has 0 aliphatic carbocycles. The Kier molecular flexibility index (Phi) is 1.93. The summed E-state index contributed by atoms with van der Waals surface area (Å²) in [7, 11) is 0. The SMILES string of the molecule is N#Cc1ccc(F)c2c1OCCC2=O. The summed E-state index contributed by atoms with van der Waals surface area (Å²) in [5.74, 6) is -0.840. The highest BCUT2D eigenvalue weighted by atomic mass is 19.1. The number of rotatable bonds is 0. The number of Topliss-reactive ketones (excluding diaryl/α,β-unsaturated/α-hetero) is 1. The first-order valence-corrected chi connectivity index (χ1v) is 4.12. The molecule has 4 heteroatoms. The lowest BCUT2D eigenvalue weighted by Gasteiger charge is -2.17. The van der Waals surface area contributed by atoms with Crippen molar-refractivity contribution in [3.05, 3.63) is 29.1 Å². The number of benzene rings is 1. The van der Waals surface area contributed by atoms with E-state index in [4.69, 9.17) is 10.00 Å². The van der Waals surface area contributed by atoms with Crippen LogP contribution < -0.4 is 4.74 Å². The van der Waals surface area contributed by atoms with Gasteiger partial charge in [-0.15, -0.1) is 0 Å². The minimum absolute atomic E-state index is 0.0868. The zero-order chi connectivity index (χ0) is 10.1. The fraction of sp³-hybridized carbons (Fsp3) is 0.200. The van der Waals surface area contributed by atoms with Gasteiger partial charge in [-0.2, -0.15) is 5.26 Å². The Hall–Kier alpha value is -1.89. The van der Waals surface area contributed by atoms with Gasteiger partial charge in [0.25, 0.3) is 0 Å². The van der Waals surface area contributed by atoms with Crippen LogP contribution in [0.25, 0.3) is 0 Å². The van der Waals surface area contributed by atoms with Gasteiger partial charge in [0, 0.05) is 6.42 Å². The summed E-state index contributed by atoms with van der Waals surface area (Å²) >= 11 is 0. The monoisotopic (exact) mass is 191 g/mol. The van der Waals surface area contributed by atoms with Crippen LogP contribution in [0.15, 0.2) is 12.1 Å². The van der Waals surface area contributed by atoms with E-state index in [2.05, 4.69) is 0 Å². The fourth-order valence-corrected chi connectivity index (χ4v) is 1.43. The minimum Gasteiger partial charge on any atom is -0.491 e. The molecule has 0 aromatic heterocycles. The molecule has 0 fully saturated rings. The van der Waals surface area contributed by atoms with Gasteiger partial charge in [-0.05, 0) is 12.1 Å². The Bertz CT molecular complexity index is 448. The van der Waals surface area contributed by atoms with E-state index >= 15 is 0 Å². The standard InChI is InChI=1S/C10H6FNO2/c11-7-2-1-6(5-12)10-9(7)8(13)3-4-14-10/h1-2H,3-4H2. The number of nitrogens with zero attached hydrogens (tertiary/aromatic N) is 1. The lowest BCUT2D eigenvalue weighted by molar-refractivity contribution is 0.0927. The Morgan fingerprint density at radius 3 is 3.00 bits per heavy atom. The number of carbonyl (C=O) groups excluding carboxylic acids is 1. The molecule has 0 unspecified atom stereocenters. The normalized spacial score (nSPS) is 14.1. The smallest absolute Gasteiger partial charge is 0.173 e. The molecule has 0 bridgehead atoms. The predicted octanol–water partition coefficient (Wildman–Crippen LogP) is 1.66. The van der Waals surface area contributed by atoms with Gasteiger partial charge >= 0.3 is 0 Å². The fourth-order valence-electron chi connectivity index (χ4n) is 1.43. The maximum absolute atomic E-state index is 13.2. The quantitative estimate of drug-likeness (QED) is 0.626. The second-order valence-electron chi connectivity index (χ2n) is 2.93. The molecule has 3 nitrogen and oxygen atoms in total. The molecule has 1 aliphatic rings. The topological polar surface area (TPSA) is 50.1 Å². The molecule has 0 amide bonds. The first-order valence-electron chi connectivity index (χ1n) is 4.12. The number of ether oxygens (including phenoxy) is 1. The third-order valence-corrected chi connectivity index (χ3v) is 2.08. The van der Waals surface area contributed by atoms with Crippen molar-refractivity contribution >= 4 is 5.78 Å². The number of fused-ring (bicyclic) bond motifs is 1. The maximum Gasteiger partial charge on any atom is 0.173 e. The van der Waals surface area contributed by atoms with Crippen LogP contribution in [0.4, 0.5) is 4.39 Å². The number of nitriles is 1. The van der Waals surface area contributed by atoms with Crippen LogP contribution in [0.5, 0.6) is 5.75 Å². The van der Waals surface area contributed by atoms with Crippen LogP contribution in [0.3, 0.4) is 0 Å². The molecule has 1 aliphatic heterocycles. The summed E-state index contributed by atoms with van der Waals surface area (Å²) in [6.07, 6.45) is 0.165. The summed E-state index contributed by atoms with van der Waals surface area (Å²) in [6, 6.07) is 4.29. The van der Waals surface area contributed by atoms with Crippen molar-refractivity contribution in [3.63, 3.8) is 0 Å². The first-order chi connectivity index (χ1) is 6.74. The molecule has 70 valence electrons. The van der Waals surface area contributed by atoms with E-state index in [1.807, 2.05) is 6.07 Å². The van der Waals surface area contributed by atoms with Gasteiger partial charge in [-0.1, -0.05) is 0 Å². The molecule has 1 aromatic carbocycles. The molecule has 2 rings (SSSR count). The van der Waals surface area contributed by atoms with Gasteiger partial charge in [0.1, 0.15) is 11.9 Å². The van der Waals surface area contributed by atoms with Gasteiger partial charge in [-0.25, -0.2) is 4.39 Å². The zero-order valence-electron chi connectivity index (χ0n) is 7.21. The second-order valence-corrected chi connectivity index (χ2v) is 2.93.